The molecule has 126 valence electrons. The Bertz CT molecular complexity index is 761. The zero-order valence-electron chi connectivity index (χ0n) is 12.9. The predicted molar refractivity (Wildman–Crippen MR) is 92.2 cm³/mol. The molecule has 1 aliphatic rings. The summed E-state index contributed by atoms with van der Waals surface area (Å²) in [5.41, 5.74) is 1.43. The number of rotatable bonds is 3. The summed E-state index contributed by atoms with van der Waals surface area (Å²) >= 11 is 3.46. The largest absolute Gasteiger partial charge is 0.481 e. The number of hydrogen-bond acceptors (Lipinski definition) is 3. The van der Waals surface area contributed by atoms with Gasteiger partial charge in [0.25, 0.3) is 0 Å². The molecule has 24 heavy (non-hydrogen) atoms. The lowest BCUT2D eigenvalue weighted by atomic mass is 9.99. The summed E-state index contributed by atoms with van der Waals surface area (Å²) in [6.07, 6.45) is 4.59. The zero-order valence-corrected chi connectivity index (χ0v) is 14.4. The second-order valence-electron chi connectivity index (χ2n) is 5.68. The van der Waals surface area contributed by atoms with Crippen molar-refractivity contribution in [2.75, 3.05) is 18.4 Å². The van der Waals surface area contributed by atoms with Crippen LogP contribution in [-0.4, -0.2) is 44.9 Å². The molecular formula is C16H17BrN4O3. The van der Waals surface area contributed by atoms with E-state index in [1.165, 1.54) is 4.90 Å². The quantitative estimate of drug-likeness (QED) is 0.840. The number of carbonyl (C=O) groups is 2. The number of likely N-dealkylation sites (tertiary alicyclic amines) is 1. The molecule has 8 heteroatoms. The number of aromatic nitrogens is 2. The van der Waals surface area contributed by atoms with Crippen LogP contribution in [0.2, 0.25) is 0 Å². The van der Waals surface area contributed by atoms with Crippen LogP contribution in [0.25, 0.3) is 5.69 Å². The Morgan fingerprint density at radius 3 is 2.88 bits per heavy atom. The minimum Gasteiger partial charge on any atom is -0.481 e. The van der Waals surface area contributed by atoms with Gasteiger partial charge in [-0.2, -0.15) is 5.10 Å². The molecule has 1 atom stereocenters. The van der Waals surface area contributed by atoms with Crippen LogP contribution >= 0.6 is 15.9 Å². The Morgan fingerprint density at radius 2 is 2.12 bits per heavy atom. The van der Waals surface area contributed by atoms with E-state index < -0.39 is 11.9 Å². The summed E-state index contributed by atoms with van der Waals surface area (Å²) in [7, 11) is 0. The van der Waals surface area contributed by atoms with E-state index in [4.69, 9.17) is 5.11 Å². The number of hydrogen-bond donors (Lipinski definition) is 2. The second kappa shape index (κ2) is 7.04. The number of carbonyl (C=O) groups excluding carboxylic acids is 1. The van der Waals surface area contributed by atoms with Crippen LogP contribution in [0.3, 0.4) is 0 Å². The lowest BCUT2D eigenvalue weighted by molar-refractivity contribution is -0.143. The van der Waals surface area contributed by atoms with E-state index >= 15 is 0 Å². The monoisotopic (exact) mass is 392 g/mol. The van der Waals surface area contributed by atoms with Crippen LogP contribution in [0, 0.1) is 5.92 Å². The van der Waals surface area contributed by atoms with E-state index in [1.54, 1.807) is 17.1 Å². The first kappa shape index (κ1) is 16.5. The summed E-state index contributed by atoms with van der Waals surface area (Å²) in [5.74, 6) is -1.35. The molecule has 7 nitrogen and oxygen atoms in total. The Morgan fingerprint density at radius 1 is 1.33 bits per heavy atom. The van der Waals surface area contributed by atoms with E-state index in [0.717, 1.165) is 10.2 Å². The molecule has 0 saturated carbocycles. The maximum atomic E-state index is 12.3. The van der Waals surface area contributed by atoms with Gasteiger partial charge < -0.3 is 15.3 Å². The number of carboxylic acid groups (broad SMARTS) is 1. The summed E-state index contributed by atoms with van der Waals surface area (Å²) in [5, 5.41) is 16.1. The first-order valence-electron chi connectivity index (χ1n) is 7.63. The number of urea groups is 1. The summed E-state index contributed by atoms with van der Waals surface area (Å²) in [6.45, 7) is 0.799. The number of para-hydroxylation sites is 1. The van der Waals surface area contributed by atoms with E-state index in [0.29, 0.717) is 25.1 Å². The molecule has 1 aliphatic heterocycles. The van der Waals surface area contributed by atoms with Gasteiger partial charge in [-0.05, 0) is 40.9 Å². The SMILES string of the molecule is O=C(O)C1CCCN(C(=O)Nc2cnn(-c3ccccc3Br)c2)C1. The molecule has 2 heterocycles. The van der Waals surface area contributed by atoms with Crippen LogP contribution in [0.4, 0.5) is 10.5 Å². The minimum atomic E-state index is -0.853. The fourth-order valence-corrected chi connectivity index (χ4v) is 3.19. The van der Waals surface area contributed by atoms with Gasteiger partial charge in [-0.3, -0.25) is 4.79 Å². The highest BCUT2D eigenvalue weighted by Crippen LogP contribution is 2.22. The Labute approximate surface area is 147 Å². The van der Waals surface area contributed by atoms with Gasteiger partial charge >= 0.3 is 12.0 Å². The average molecular weight is 393 g/mol. The highest BCUT2D eigenvalue weighted by molar-refractivity contribution is 9.10. The molecule has 1 unspecified atom stereocenters. The topological polar surface area (TPSA) is 87.5 Å². The molecule has 1 saturated heterocycles. The Kier molecular flexibility index (Phi) is 4.84. The van der Waals surface area contributed by atoms with Crippen LogP contribution in [0.5, 0.6) is 0 Å². The number of carboxylic acids is 1. The molecule has 1 fully saturated rings. The Hall–Kier alpha value is -2.35. The number of piperidine rings is 1. The van der Waals surface area contributed by atoms with E-state index in [1.807, 2.05) is 24.3 Å². The molecule has 2 aromatic rings. The van der Waals surface area contributed by atoms with Gasteiger partial charge in [-0.15, -0.1) is 0 Å². The molecule has 3 rings (SSSR count). The third kappa shape index (κ3) is 3.59. The fraction of sp³-hybridized carbons (Fsp3) is 0.312. The number of amides is 2. The average Bonchev–Trinajstić information content (AvgIpc) is 3.03. The fourth-order valence-electron chi connectivity index (χ4n) is 2.72. The number of nitrogens with one attached hydrogen (secondary N) is 1. The van der Waals surface area contributed by atoms with Gasteiger partial charge in [0.2, 0.25) is 0 Å². The highest BCUT2D eigenvalue weighted by atomic mass is 79.9. The van der Waals surface area contributed by atoms with Gasteiger partial charge in [0.15, 0.2) is 0 Å². The third-order valence-electron chi connectivity index (χ3n) is 3.99. The molecule has 1 aromatic carbocycles. The van der Waals surface area contributed by atoms with Crippen LogP contribution in [-0.2, 0) is 4.79 Å². The van der Waals surface area contributed by atoms with Crippen LogP contribution in [0.1, 0.15) is 12.8 Å². The van der Waals surface area contributed by atoms with E-state index in [-0.39, 0.29) is 12.6 Å². The van der Waals surface area contributed by atoms with Gasteiger partial charge in [0.1, 0.15) is 0 Å². The number of anilines is 1. The van der Waals surface area contributed by atoms with Crippen molar-refractivity contribution in [3.8, 4) is 5.69 Å². The molecule has 0 aliphatic carbocycles. The zero-order chi connectivity index (χ0) is 17.1. The highest BCUT2D eigenvalue weighted by Gasteiger charge is 2.28. The number of halogens is 1. The van der Waals surface area contributed by atoms with E-state index in [9.17, 15) is 9.59 Å². The molecular weight excluding hydrogens is 376 g/mol. The van der Waals surface area contributed by atoms with Crippen LogP contribution < -0.4 is 5.32 Å². The lowest BCUT2D eigenvalue weighted by Crippen LogP contribution is -2.44. The normalized spacial score (nSPS) is 17.5. The van der Waals surface area contributed by atoms with Crippen molar-refractivity contribution in [3.05, 3.63) is 41.1 Å². The van der Waals surface area contributed by atoms with Crippen molar-refractivity contribution in [2.45, 2.75) is 12.8 Å². The van der Waals surface area contributed by atoms with Gasteiger partial charge in [-0.1, -0.05) is 12.1 Å². The summed E-state index contributed by atoms with van der Waals surface area (Å²) in [4.78, 5) is 25.0. The Balaban J connectivity index is 1.67. The standard InChI is InChI=1S/C16H17BrN4O3/c17-13-5-1-2-6-14(13)21-10-12(8-18-21)19-16(24)20-7-3-4-11(9-20)15(22)23/h1-2,5-6,8,10-11H,3-4,7,9H2,(H,19,24)(H,22,23). The maximum Gasteiger partial charge on any atom is 0.321 e. The van der Waals surface area contributed by atoms with Gasteiger partial charge in [0.05, 0.1) is 29.7 Å². The van der Waals surface area contributed by atoms with Crippen molar-refractivity contribution in [3.63, 3.8) is 0 Å². The molecule has 1 aromatic heterocycles. The lowest BCUT2D eigenvalue weighted by Gasteiger charge is -2.30. The number of aliphatic carboxylic acids is 1. The van der Waals surface area contributed by atoms with Crippen molar-refractivity contribution in [1.82, 2.24) is 14.7 Å². The van der Waals surface area contributed by atoms with Gasteiger partial charge in [0, 0.05) is 17.6 Å². The minimum absolute atomic E-state index is 0.236. The molecule has 2 amide bonds. The van der Waals surface area contributed by atoms with Crippen molar-refractivity contribution >= 4 is 33.6 Å². The summed E-state index contributed by atoms with van der Waals surface area (Å²) < 4.78 is 2.56. The van der Waals surface area contributed by atoms with Crippen molar-refractivity contribution < 1.29 is 14.7 Å². The first-order chi connectivity index (χ1) is 11.5. The molecule has 0 bridgehead atoms. The first-order valence-corrected chi connectivity index (χ1v) is 8.42. The number of nitrogens with zero attached hydrogens (tertiary/aromatic N) is 3. The third-order valence-corrected chi connectivity index (χ3v) is 4.66. The molecule has 0 spiro atoms. The van der Waals surface area contributed by atoms with E-state index in [2.05, 4.69) is 26.3 Å². The molecule has 0 radical (unpaired) electrons. The molecule has 2 N–H and O–H groups in total. The van der Waals surface area contributed by atoms with Crippen molar-refractivity contribution in [1.29, 1.82) is 0 Å². The smallest absolute Gasteiger partial charge is 0.321 e. The van der Waals surface area contributed by atoms with Crippen molar-refractivity contribution in [2.24, 2.45) is 5.92 Å². The van der Waals surface area contributed by atoms with Crippen LogP contribution in [0.15, 0.2) is 41.1 Å². The predicted octanol–water partition coefficient (Wildman–Crippen LogP) is 2.96. The number of benzene rings is 1. The van der Waals surface area contributed by atoms with Gasteiger partial charge in [-0.25, -0.2) is 9.48 Å². The maximum absolute atomic E-state index is 12.3. The second-order valence-corrected chi connectivity index (χ2v) is 6.53. The summed E-state index contributed by atoms with van der Waals surface area (Å²) in [6, 6.07) is 7.34.